The van der Waals surface area contributed by atoms with Gasteiger partial charge in [0.2, 0.25) is 0 Å². The fraction of sp³-hybridized carbons (Fsp3) is 0.500. The minimum Gasteiger partial charge on any atom is -0.396 e. The standard InChI is InChI=1S/C12H19NO/c14-11-7-2-1-6-10-13-12-8-4-3-5-9-12/h3-5,8-9,13-14H,1-2,6-7,10-11H2. The molecule has 0 fully saturated rings. The van der Waals surface area contributed by atoms with E-state index in [1.54, 1.807) is 0 Å². The first kappa shape index (κ1) is 11.1. The monoisotopic (exact) mass is 193 g/mol. The predicted octanol–water partition coefficient (Wildman–Crippen LogP) is 2.65. The highest BCUT2D eigenvalue weighted by atomic mass is 16.2. The zero-order valence-corrected chi connectivity index (χ0v) is 8.58. The molecule has 14 heavy (non-hydrogen) atoms. The van der Waals surface area contributed by atoms with Crippen LogP contribution in [0.3, 0.4) is 0 Å². The van der Waals surface area contributed by atoms with Crippen LogP contribution < -0.4 is 5.32 Å². The lowest BCUT2D eigenvalue weighted by Crippen LogP contribution is -2.00. The lowest BCUT2D eigenvalue weighted by Gasteiger charge is -2.05. The van der Waals surface area contributed by atoms with E-state index >= 15 is 0 Å². The van der Waals surface area contributed by atoms with Crippen LogP contribution >= 0.6 is 0 Å². The third kappa shape index (κ3) is 4.87. The molecule has 1 aromatic carbocycles. The molecule has 2 heteroatoms. The van der Waals surface area contributed by atoms with Gasteiger partial charge in [-0.3, -0.25) is 0 Å². The fourth-order valence-corrected chi connectivity index (χ4v) is 1.38. The molecular weight excluding hydrogens is 174 g/mol. The van der Waals surface area contributed by atoms with Crippen molar-refractivity contribution in [1.29, 1.82) is 0 Å². The van der Waals surface area contributed by atoms with Gasteiger partial charge >= 0.3 is 0 Å². The summed E-state index contributed by atoms with van der Waals surface area (Å²) in [4.78, 5) is 0. The summed E-state index contributed by atoms with van der Waals surface area (Å²) in [7, 11) is 0. The molecule has 1 aromatic rings. The van der Waals surface area contributed by atoms with Crippen molar-refractivity contribution in [3.63, 3.8) is 0 Å². The van der Waals surface area contributed by atoms with Crippen molar-refractivity contribution >= 4 is 5.69 Å². The van der Waals surface area contributed by atoms with Crippen LogP contribution in [0.4, 0.5) is 5.69 Å². The van der Waals surface area contributed by atoms with Gasteiger partial charge in [-0.15, -0.1) is 0 Å². The summed E-state index contributed by atoms with van der Waals surface area (Å²) in [5.41, 5.74) is 1.19. The molecule has 0 aliphatic rings. The Bertz CT molecular complexity index is 223. The maximum absolute atomic E-state index is 8.59. The first-order valence-corrected chi connectivity index (χ1v) is 5.33. The number of hydrogen-bond acceptors (Lipinski definition) is 2. The molecule has 0 unspecified atom stereocenters. The molecule has 2 nitrogen and oxygen atoms in total. The Morgan fingerprint density at radius 1 is 0.929 bits per heavy atom. The number of aliphatic hydroxyl groups is 1. The number of aliphatic hydroxyl groups excluding tert-OH is 1. The van der Waals surface area contributed by atoms with Crippen molar-refractivity contribution in [3.05, 3.63) is 30.3 Å². The second kappa shape index (κ2) is 7.39. The van der Waals surface area contributed by atoms with E-state index < -0.39 is 0 Å². The molecule has 0 atom stereocenters. The smallest absolute Gasteiger partial charge is 0.0431 e. The first-order valence-electron chi connectivity index (χ1n) is 5.33. The van der Waals surface area contributed by atoms with Crippen LogP contribution in [0.25, 0.3) is 0 Å². The van der Waals surface area contributed by atoms with Crippen molar-refractivity contribution in [2.75, 3.05) is 18.5 Å². The lowest BCUT2D eigenvalue weighted by molar-refractivity contribution is 0.283. The second-order valence-corrected chi connectivity index (χ2v) is 3.43. The Hall–Kier alpha value is -1.02. The molecule has 0 aliphatic carbocycles. The molecule has 0 saturated carbocycles. The van der Waals surface area contributed by atoms with Gasteiger partial charge in [-0.1, -0.05) is 31.0 Å². The summed E-state index contributed by atoms with van der Waals surface area (Å²) in [5, 5.41) is 11.9. The van der Waals surface area contributed by atoms with E-state index in [2.05, 4.69) is 17.4 Å². The van der Waals surface area contributed by atoms with E-state index in [0.717, 1.165) is 19.4 Å². The van der Waals surface area contributed by atoms with Gasteiger partial charge in [0.1, 0.15) is 0 Å². The minimum absolute atomic E-state index is 0.326. The molecular formula is C12H19NO. The Morgan fingerprint density at radius 3 is 2.36 bits per heavy atom. The van der Waals surface area contributed by atoms with Gasteiger partial charge in [0.05, 0.1) is 0 Å². The average Bonchev–Trinajstić information content (AvgIpc) is 2.25. The quantitative estimate of drug-likeness (QED) is 0.652. The Balaban J connectivity index is 1.99. The molecule has 2 N–H and O–H groups in total. The molecule has 0 aromatic heterocycles. The molecule has 1 rings (SSSR count). The van der Waals surface area contributed by atoms with Gasteiger partial charge < -0.3 is 10.4 Å². The van der Waals surface area contributed by atoms with Crippen molar-refractivity contribution in [1.82, 2.24) is 0 Å². The summed E-state index contributed by atoms with van der Waals surface area (Å²) in [6.07, 6.45) is 4.44. The number of rotatable bonds is 7. The Kier molecular flexibility index (Phi) is 5.84. The molecule has 0 radical (unpaired) electrons. The van der Waals surface area contributed by atoms with Crippen LogP contribution in [0.1, 0.15) is 25.7 Å². The largest absolute Gasteiger partial charge is 0.396 e. The third-order valence-corrected chi connectivity index (χ3v) is 2.19. The maximum Gasteiger partial charge on any atom is 0.0431 e. The highest BCUT2D eigenvalue weighted by Gasteiger charge is 1.90. The van der Waals surface area contributed by atoms with Crippen molar-refractivity contribution in [3.8, 4) is 0 Å². The lowest BCUT2D eigenvalue weighted by atomic mass is 10.2. The number of nitrogens with one attached hydrogen (secondary N) is 1. The van der Waals surface area contributed by atoms with Crippen molar-refractivity contribution in [2.45, 2.75) is 25.7 Å². The van der Waals surface area contributed by atoms with Crippen molar-refractivity contribution in [2.24, 2.45) is 0 Å². The molecule has 0 amide bonds. The summed E-state index contributed by atoms with van der Waals surface area (Å²) >= 11 is 0. The molecule has 0 aliphatic heterocycles. The number of hydrogen-bond donors (Lipinski definition) is 2. The zero-order chi connectivity index (χ0) is 10.1. The summed E-state index contributed by atoms with van der Waals surface area (Å²) in [6.45, 7) is 1.35. The van der Waals surface area contributed by atoms with E-state index in [4.69, 9.17) is 5.11 Å². The number of unbranched alkanes of at least 4 members (excludes halogenated alkanes) is 3. The van der Waals surface area contributed by atoms with Crippen LogP contribution in [0, 0.1) is 0 Å². The molecule has 0 spiro atoms. The SMILES string of the molecule is OCCCCCCNc1ccccc1. The molecule has 0 saturated heterocycles. The zero-order valence-electron chi connectivity index (χ0n) is 8.58. The van der Waals surface area contributed by atoms with Gasteiger partial charge in [-0.2, -0.15) is 0 Å². The van der Waals surface area contributed by atoms with Crippen molar-refractivity contribution < 1.29 is 5.11 Å². The van der Waals surface area contributed by atoms with Gasteiger partial charge in [0, 0.05) is 18.8 Å². The second-order valence-electron chi connectivity index (χ2n) is 3.43. The highest BCUT2D eigenvalue weighted by molar-refractivity contribution is 5.42. The summed E-state index contributed by atoms with van der Waals surface area (Å²) in [5.74, 6) is 0. The van der Waals surface area contributed by atoms with Crippen LogP contribution in [-0.4, -0.2) is 18.3 Å². The number of benzene rings is 1. The van der Waals surface area contributed by atoms with Crippen LogP contribution in [0.15, 0.2) is 30.3 Å². The molecule has 78 valence electrons. The van der Waals surface area contributed by atoms with E-state index in [1.165, 1.54) is 18.5 Å². The highest BCUT2D eigenvalue weighted by Crippen LogP contribution is 2.06. The predicted molar refractivity (Wildman–Crippen MR) is 60.5 cm³/mol. The summed E-state index contributed by atoms with van der Waals surface area (Å²) < 4.78 is 0. The van der Waals surface area contributed by atoms with Crippen LogP contribution in [0.2, 0.25) is 0 Å². The normalized spacial score (nSPS) is 10.1. The average molecular weight is 193 g/mol. The maximum atomic E-state index is 8.59. The third-order valence-electron chi connectivity index (χ3n) is 2.19. The van der Waals surface area contributed by atoms with Gasteiger partial charge in [0.15, 0.2) is 0 Å². The van der Waals surface area contributed by atoms with Gasteiger partial charge in [-0.05, 0) is 25.0 Å². The number of para-hydroxylation sites is 1. The van der Waals surface area contributed by atoms with Crippen LogP contribution in [-0.2, 0) is 0 Å². The first-order chi connectivity index (χ1) is 6.93. The fourth-order valence-electron chi connectivity index (χ4n) is 1.38. The van der Waals surface area contributed by atoms with E-state index in [1.807, 2.05) is 18.2 Å². The topological polar surface area (TPSA) is 32.3 Å². The minimum atomic E-state index is 0.326. The van der Waals surface area contributed by atoms with Crippen LogP contribution in [0.5, 0.6) is 0 Å². The molecule has 0 heterocycles. The Labute approximate surface area is 86.0 Å². The van der Waals surface area contributed by atoms with Gasteiger partial charge in [0.25, 0.3) is 0 Å². The van der Waals surface area contributed by atoms with Gasteiger partial charge in [-0.25, -0.2) is 0 Å². The molecule has 0 bridgehead atoms. The summed E-state index contributed by atoms with van der Waals surface area (Å²) in [6, 6.07) is 10.2. The number of anilines is 1. The van der Waals surface area contributed by atoms with E-state index in [9.17, 15) is 0 Å². The van der Waals surface area contributed by atoms with E-state index in [-0.39, 0.29) is 0 Å². The van der Waals surface area contributed by atoms with E-state index in [0.29, 0.717) is 6.61 Å². The Morgan fingerprint density at radius 2 is 1.64 bits per heavy atom.